The van der Waals surface area contributed by atoms with Crippen LogP contribution in [0.4, 0.5) is 5.69 Å². The maximum Gasteiger partial charge on any atom is 0.255 e. The van der Waals surface area contributed by atoms with Gasteiger partial charge in [0.25, 0.3) is 5.91 Å². The summed E-state index contributed by atoms with van der Waals surface area (Å²) in [7, 11) is -2.49. The average molecular weight is 531 g/mol. The molecular weight excluding hydrogens is 504 g/mol. The molecule has 2 N–H and O–H groups in total. The van der Waals surface area contributed by atoms with Crippen LogP contribution in [0.25, 0.3) is 0 Å². The number of anilines is 1. The summed E-state index contributed by atoms with van der Waals surface area (Å²) in [6, 6.07) is 17.9. The number of carbonyl (C=O) groups excluding carboxylic acids is 1. The zero-order valence-corrected chi connectivity index (χ0v) is 21.2. The number of aryl methyl sites for hydroxylation is 2. The second kappa shape index (κ2) is 11.0. The Morgan fingerprint density at radius 2 is 1.79 bits per heavy atom. The standard InChI is InChI=1S/C25H27BrN2O4S/c1-4-19-15-21(26)14-17(2)24(19)28-25(29)20-10-11-22(32-3)23(16-20)33(30,31)27-13-12-18-8-6-5-7-9-18/h5-11,14-16,27H,4,12-13H2,1-3H3,(H,28,29). The minimum atomic E-state index is -3.89. The first-order valence-corrected chi connectivity index (χ1v) is 12.8. The molecule has 3 aromatic carbocycles. The lowest BCUT2D eigenvalue weighted by Crippen LogP contribution is -2.27. The highest BCUT2D eigenvalue weighted by Crippen LogP contribution is 2.28. The molecule has 0 aromatic heterocycles. The van der Waals surface area contributed by atoms with Gasteiger partial charge in [0.05, 0.1) is 7.11 Å². The van der Waals surface area contributed by atoms with E-state index >= 15 is 0 Å². The van der Waals surface area contributed by atoms with Gasteiger partial charge in [0.1, 0.15) is 10.6 Å². The molecule has 0 atom stereocenters. The molecule has 0 heterocycles. The number of carbonyl (C=O) groups is 1. The molecule has 174 valence electrons. The Balaban J connectivity index is 1.83. The summed E-state index contributed by atoms with van der Waals surface area (Å²) in [4.78, 5) is 12.9. The van der Waals surface area contributed by atoms with E-state index in [2.05, 4.69) is 26.0 Å². The van der Waals surface area contributed by atoms with Gasteiger partial charge in [-0.15, -0.1) is 0 Å². The molecule has 0 bridgehead atoms. The summed E-state index contributed by atoms with van der Waals surface area (Å²) in [5.41, 5.74) is 3.88. The number of sulfonamides is 1. The van der Waals surface area contributed by atoms with Crippen molar-refractivity contribution in [3.63, 3.8) is 0 Å². The summed E-state index contributed by atoms with van der Waals surface area (Å²) in [5, 5.41) is 2.94. The molecule has 0 saturated heterocycles. The number of methoxy groups -OCH3 is 1. The lowest BCUT2D eigenvalue weighted by molar-refractivity contribution is 0.102. The summed E-state index contributed by atoms with van der Waals surface area (Å²) in [5.74, 6) is -0.216. The van der Waals surface area contributed by atoms with Crippen LogP contribution in [-0.4, -0.2) is 28.0 Å². The van der Waals surface area contributed by atoms with Gasteiger partial charge in [-0.1, -0.05) is 53.2 Å². The summed E-state index contributed by atoms with van der Waals surface area (Å²) in [6.07, 6.45) is 1.29. The van der Waals surface area contributed by atoms with Gasteiger partial charge in [0, 0.05) is 22.3 Å². The third kappa shape index (κ3) is 6.22. The van der Waals surface area contributed by atoms with Crippen LogP contribution < -0.4 is 14.8 Å². The third-order valence-corrected chi connectivity index (χ3v) is 7.21. The van der Waals surface area contributed by atoms with Crippen molar-refractivity contribution in [3.05, 3.63) is 87.4 Å². The molecule has 0 fully saturated rings. The highest BCUT2D eigenvalue weighted by atomic mass is 79.9. The summed E-state index contributed by atoms with van der Waals surface area (Å²) >= 11 is 3.48. The lowest BCUT2D eigenvalue weighted by atomic mass is 10.1. The van der Waals surface area contributed by atoms with E-state index in [-0.39, 0.29) is 22.8 Å². The molecule has 0 radical (unpaired) electrons. The zero-order valence-electron chi connectivity index (χ0n) is 18.8. The van der Waals surface area contributed by atoms with Gasteiger partial charge < -0.3 is 10.1 Å². The Morgan fingerprint density at radius 3 is 2.45 bits per heavy atom. The number of amides is 1. The molecule has 0 aliphatic carbocycles. The van der Waals surface area contributed by atoms with Crippen LogP contribution in [-0.2, 0) is 22.9 Å². The normalized spacial score (nSPS) is 11.3. The van der Waals surface area contributed by atoms with Gasteiger partial charge in [0.15, 0.2) is 0 Å². The molecule has 3 aromatic rings. The van der Waals surface area contributed by atoms with E-state index in [9.17, 15) is 13.2 Å². The first-order valence-electron chi connectivity index (χ1n) is 10.6. The van der Waals surface area contributed by atoms with Crippen molar-refractivity contribution in [2.45, 2.75) is 31.6 Å². The molecule has 3 rings (SSSR count). The quantitative estimate of drug-likeness (QED) is 0.403. The Morgan fingerprint density at radius 1 is 1.06 bits per heavy atom. The van der Waals surface area contributed by atoms with Gasteiger partial charge >= 0.3 is 0 Å². The molecule has 33 heavy (non-hydrogen) atoms. The van der Waals surface area contributed by atoms with Crippen molar-refractivity contribution >= 4 is 37.5 Å². The molecular formula is C25H27BrN2O4S. The molecule has 6 nitrogen and oxygen atoms in total. The van der Waals surface area contributed by atoms with Crippen LogP contribution in [0, 0.1) is 6.92 Å². The number of hydrogen-bond acceptors (Lipinski definition) is 4. The zero-order chi connectivity index (χ0) is 24.0. The molecule has 0 saturated carbocycles. The van der Waals surface area contributed by atoms with Crippen molar-refractivity contribution in [2.75, 3.05) is 19.0 Å². The molecule has 1 amide bonds. The Hall–Kier alpha value is -2.68. The summed E-state index contributed by atoms with van der Waals surface area (Å²) in [6.45, 7) is 4.15. The first kappa shape index (κ1) is 25.0. The lowest BCUT2D eigenvalue weighted by Gasteiger charge is -2.15. The Kier molecular flexibility index (Phi) is 8.29. The predicted octanol–water partition coefficient (Wildman–Crippen LogP) is 5.10. The fourth-order valence-corrected chi connectivity index (χ4v) is 5.38. The SMILES string of the molecule is CCc1cc(Br)cc(C)c1NC(=O)c1ccc(OC)c(S(=O)(=O)NCCc2ccccc2)c1. The highest BCUT2D eigenvalue weighted by Gasteiger charge is 2.22. The fraction of sp³-hybridized carbons (Fsp3) is 0.240. The Bertz CT molecular complexity index is 1240. The van der Waals surface area contributed by atoms with Crippen molar-refractivity contribution in [1.82, 2.24) is 4.72 Å². The van der Waals surface area contributed by atoms with Crippen LogP contribution >= 0.6 is 15.9 Å². The molecule has 0 spiro atoms. The molecule has 0 aliphatic rings. The van der Waals surface area contributed by atoms with Crippen LogP contribution in [0.3, 0.4) is 0 Å². The van der Waals surface area contributed by atoms with Crippen LogP contribution in [0.5, 0.6) is 5.75 Å². The molecule has 0 unspecified atom stereocenters. The molecule has 8 heteroatoms. The monoisotopic (exact) mass is 530 g/mol. The van der Waals surface area contributed by atoms with Crippen molar-refractivity contribution in [3.8, 4) is 5.75 Å². The van der Waals surface area contributed by atoms with Gasteiger partial charge in [-0.2, -0.15) is 0 Å². The van der Waals surface area contributed by atoms with E-state index < -0.39 is 15.9 Å². The maximum atomic E-state index is 13.0. The van der Waals surface area contributed by atoms with Crippen LogP contribution in [0.15, 0.2) is 70.0 Å². The van der Waals surface area contributed by atoms with Gasteiger partial charge in [-0.05, 0) is 66.8 Å². The smallest absolute Gasteiger partial charge is 0.255 e. The third-order valence-electron chi connectivity index (χ3n) is 5.27. The summed E-state index contributed by atoms with van der Waals surface area (Å²) < 4.78 is 34.8. The number of halogens is 1. The molecule has 0 aliphatic heterocycles. The number of ether oxygens (including phenoxy) is 1. The maximum absolute atomic E-state index is 13.0. The van der Waals surface area contributed by atoms with Crippen LogP contribution in [0.2, 0.25) is 0 Å². The van der Waals surface area contributed by atoms with E-state index in [0.29, 0.717) is 6.42 Å². The van der Waals surface area contributed by atoms with Crippen molar-refractivity contribution < 1.29 is 17.9 Å². The number of nitrogens with one attached hydrogen (secondary N) is 2. The van der Waals surface area contributed by atoms with Gasteiger partial charge in [-0.25, -0.2) is 13.1 Å². The fourth-order valence-electron chi connectivity index (χ4n) is 3.54. The Labute approximate surface area is 203 Å². The topological polar surface area (TPSA) is 84.5 Å². The van der Waals surface area contributed by atoms with Crippen LogP contribution in [0.1, 0.15) is 34.0 Å². The highest BCUT2D eigenvalue weighted by molar-refractivity contribution is 9.10. The number of benzene rings is 3. The predicted molar refractivity (Wildman–Crippen MR) is 135 cm³/mol. The number of hydrogen-bond donors (Lipinski definition) is 2. The minimum absolute atomic E-state index is 0.0750. The van der Waals surface area contributed by atoms with E-state index in [4.69, 9.17) is 4.74 Å². The number of rotatable bonds is 9. The minimum Gasteiger partial charge on any atom is -0.495 e. The van der Waals surface area contributed by atoms with E-state index in [1.165, 1.54) is 19.2 Å². The average Bonchev–Trinajstić information content (AvgIpc) is 2.80. The van der Waals surface area contributed by atoms with Crippen molar-refractivity contribution in [1.29, 1.82) is 0 Å². The van der Waals surface area contributed by atoms with E-state index in [0.717, 1.165) is 33.3 Å². The second-order valence-electron chi connectivity index (χ2n) is 7.56. The largest absolute Gasteiger partial charge is 0.495 e. The van der Waals surface area contributed by atoms with Gasteiger partial charge in [-0.3, -0.25) is 4.79 Å². The van der Waals surface area contributed by atoms with Gasteiger partial charge in [0.2, 0.25) is 10.0 Å². The van der Waals surface area contributed by atoms with E-state index in [1.54, 1.807) is 6.07 Å². The van der Waals surface area contributed by atoms with Crippen molar-refractivity contribution in [2.24, 2.45) is 0 Å². The first-order chi connectivity index (χ1) is 15.7. The second-order valence-corrected chi connectivity index (χ2v) is 10.2. The van der Waals surface area contributed by atoms with E-state index in [1.807, 2.05) is 56.3 Å².